The molecule has 31 heavy (non-hydrogen) atoms. The predicted octanol–water partition coefficient (Wildman–Crippen LogP) is 5.74. The molecule has 1 aromatic carbocycles. The maximum Gasteiger partial charge on any atom is 0.142 e. The van der Waals surface area contributed by atoms with E-state index in [9.17, 15) is 0 Å². The van der Waals surface area contributed by atoms with E-state index >= 15 is 0 Å². The van der Waals surface area contributed by atoms with Crippen molar-refractivity contribution in [2.24, 2.45) is 0 Å². The van der Waals surface area contributed by atoms with E-state index in [4.69, 9.17) is 4.98 Å². The minimum absolute atomic E-state index is 0.322. The van der Waals surface area contributed by atoms with Crippen LogP contribution in [0.15, 0.2) is 55.4 Å². The van der Waals surface area contributed by atoms with Gasteiger partial charge in [-0.15, -0.1) is 0 Å². The van der Waals surface area contributed by atoms with Gasteiger partial charge in [0.05, 0.1) is 0 Å². The smallest absolute Gasteiger partial charge is 0.142 e. The molecule has 0 amide bonds. The van der Waals surface area contributed by atoms with Gasteiger partial charge in [0.15, 0.2) is 0 Å². The molecule has 162 valence electrons. The Balaban J connectivity index is 1.49. The van der Waals surface area contributed by atoms with Crippen LogP contribution in [0.25, 0.3) is 16.6 Å². The average molecular weight is 433 g/mol. The predicted molar refractivity (Wildman–Crippen MR) is 137 cm³/mol. The van der Waals surface area contributed by atoms with Crippen molar-refractivity contribution in [2.45, 2.75) is 39.4 Å². The lowest BCUT2D eigenvalue weighted by molar-refractivity contribution is 0.401. The minimum atomic E-state index is 0.322. The van der Waals surface area contributed by atoms with Crippen molar-refractivity contribution in [3.05, 3.63) is 66.5 Å². The van der Waals surface area contributed by atoms with E-state index in [0.717, 1.165) is 43.9 Å². The molecule has 0 radical (unpaired) electrons. The molecule has 1 aliphatic heterocycles. The molecule has 0 spiro atoms. The van der Waals surface area contributed by atoms with E-state index in [1.54, 1.807) is 0 Å². The summed E-state index contributed by atoms with van der Waals surface area (Å²) in [5, 5.41) is 1.56. The first-order valence-corrected chi connectivity index (χ1v) is 12.0. The number of fused-ring (bicyclic) bond motifs is 1. The molecule has 1 aliphatic rings. The highest BCUT2D eigenvalue weighted by Crippen LogP contribution is 2.28. The third-order valence-electron chi connectivity index (χ3n) is 5.70. The number of allylic oxidation sites excluding steroid dienone is 1. The number of pyridine rings is 1. The molecule has 0 saturated carbocycles. The number of piperazine rings is 1. The normalized spacial score (nSPS) is 15.8. The topological polar surface area (TPSA) is 24.3 Å². The average Bonchev–Trinajstić information content (AvgIpc) is 3.15. The van der Waals surface area contributed by atoms with Gasteiger partial charge in [-0.3, -0.25) is 4.90 Å². The van der Waals surface area contributed by atoms with Crippen molar-refractivity contribution in [2.75, 3.05) is 31.1 Å². The van der Waals surface area contributed by atoms with Crippen LogP contribution in [0.3, 0.4) is 0 Å². The summed E-state index contributed by atoms with van der Waals surface area (Å²) in [6.07, 6.45) is 4.12. The lowest BCUT2D eigenvalue weighted by atomic mass is 10.1. The van der Waals surface area contributed by atoms with Crippen molar-refractivity contribution < 1.29 is 0 Å². The lowest BCUT2D eigenvalue weighted by Gasteiger charge is -2.35. The third-order valence-corrected chi connectivity index (χ3v) is 6.92. The fraction of sp³-hybridized carbons (Fsp3) is 0.385. The number of nitrogens with zero attached hydrogens (tertiary/aromatic N) is 4. The highest BCUT2D eigenvalue weighted by molar-refractivity contribution is 7.40. The second-order valence-electron chi connectivity index (χ2n) is 9.43. The molecule has 4 nitrogen and oxygen atoms in total. The molecule has 5 heteroatoms. The summed E-state index contributed by atoms with van der Waals surface area (Å²) >= 11 is 0. The quantitative estimate of drug-likeness (QED) is 0.480. The van der Waals surface area contributed by atoms with Crippen LogP contribution in [0.2, 0.25) is 0 Å². The molecule has 0 N–H and O–H groups in total. The Kier molecular flexibility index (Phi) is 6.31. The molecule has 0 atom stereocenters. The zero-order valence-corrected chi connectivity index (χ0v) is 20.1. The van der Waals surface area contributed by atoms with E-state index < -0.39 is 0 Å². The van der Waals surface area contributed by atoms with Gasteiger partial charge in [-0.25, -0.2) is 4.98 Å². The Bertz CT molecular complexity index is 1080. The van der Waals surface area contributed by atoms with Gasteiger partial charge < -0.3 is 9.47 Å². The molecule has 0 aliphatic carbocycles. The summed E-state index contributed by atoms with van der Waals surface area (Å²) < 4.78 is 2.25. The third kappa shape index (κ3) is 5.26. The van der Waals surface area contributed by atoms with Crippen molar-refractivity contribution in [3.8, 4) is 0 Å². The number of aromatic nitrogens is 2. The molecule has 3 aromatic rings. The number of rotatable bonds is 5. The van der Waals surface area contributed by atoms with Gasteiger partial charge in [0, 0.05) is 67.3 Å². The van der Waals surface area contributed by atoms with Crippen molar-refractivity contribution in [1.29, 1.82) is 0 Å². The highest BCUT2D eigenvalue weighted by atomic mass is 31.1. The van der Waals surface area contributed by atoms with Crippen LogP contribution >= 0.6 is 8.20 Å². The van der Waals surface area contributed by atoms with Gasteiger partial charge >= 0.3 is 0 Å². The Labute approximate surface area is 188 Å². The van der Waals surface area contributed by atoms with E-state index in [2.05, 4.69) is 90.2 Å². The van der Waals surface area contributed by atoms with Gasteiger partial charge in [0.25, 0.3) is 0 Å². The highest BCUT2D eigenvalue weighted by Gasteiger charge is 2.19. The molecule has 1 saturated heterocycles. The largest absolute Gasteiger partial charge is 0.368 e. The van der Waals surface area contributed by atoms with Crippen LogP contribution in [0, 0.1) is 0 Å². The van der Waals surface area contributed by atoms with Gasteiger partial charge in [0.1, 0.15) is 5.65 Å². The summed E-state index contributed by atoms with van der Waals surface area (Å²) in [5.74, 6) is 2.37. The second kappa shape index (κ2) is 8.98. The zero-order valence-electron chi connectivity index (χ0n) is 19.2. The SMILES string of the molecule is C=C(C)c1ccc(Cn2ccc3c(N4CCN(C=PC(C)(C)C)CC4)ccnc32)cc1. The minimum Gasteiger partial charge on any atom is -0.368 e. The Morgan fingerprint density at radius 1 is 1.06 bits per heavy atom. The van der Waals surface area contributed by atoms with Crippen LogP contribution in [0.4, 0.5) is 5.69 Å². The summed E-state index contributed by atoms with van der Waals surface area (Å²) in [7, 11) is 1.39. The molecule has 4 rings (SSSR count). The summed E-state index contributed by atoms with van der Waals surface area (Å²) in [5.41, 5.74) is 5.92. The van der Waals surface area contributed by atoms with E-state index in [1.807, 2.05) is 13.1 Å². The Morgan fingerprint density at radius 2 is 1.77 bits per heavy atom. The maximum absolute atomic E-state index is 4.71. The Morgan fingerprint density at radius 3 is 2.42 bits per heavy atom. The first-order valence-electron chi connectivity index (χ1n) is 11.0. The van der Waals surface area contributed by atoms with Crippen LogP contribution < -0.4 is 4.90 Å². The first-order chi connectivity index (χ1) is 14.8. The fourth-order valence-electron chi connectivity index (χ4n) is 3.90. The van der Waals surface area contributed by atoms with Crippen molar-refractivity contribution in [3.63, 3.8) is 0 Å². The van der Waals surface area contributed by atoms with Crippen LogP contribution in [-0.4, -0.2) is 51.7 Å². The summed E-state index contributed by atoms with van der Waals surface area (Å²) in [6.45, 7) is 18.0. The first kappa shape index (κ1) is 21.8. The second-order valence-corrected chi connectivity index (χ2v) is 11.3. The van der Waals surface area contributed by atoms with Crippen LogP contribution in [0.1, 0.15) is 38.8 Å². The van der Waals surface area contributed by atoms with Gasteiger partial charge in [0.2, 0.25) is 0 Å². The molecular weight excluding hydrogens is 399 g/mol. The van der Waals surface area contributed by atoms with E-state index in [1.165, 1.54) is 30.4 Å². The zero-order chi connectivity index (χ0) is 22.0. The summed E-state index contributed by atoms with van der Waals surface area (Å²) in [6, 6.07) is 13.1. The number of hydrogen-bond acceptors (Lipinski definition) is 2. The molecule has 3 heterocycles. The van der Waals surface area contributed by atoms with Crippen LogP contribution in [-0.2, 0) is 6.54 Å². The number of anilines is 1. The van der Waals surface area contributed by atoms with Gasteiger partial charge in [-0.2, -0.15) is 0 Å². The molecular formula is C26H33N4P. The standard InChI is InChI=1S/C26H33N4P/c1-20(2)22-8-6-21(7-9-22)18-30-13-11-23-24(10-12-27-25(23)30)29-16-14-28(15-17-29)19-31-26(3,4)5/h6-13,19H,1,14-18H2,2-5H3. The van der Waals surface area contributed by atoms with Crippen molar-refractivity contribution in [1.82, 2.24) is 14.5 Å². The number of benzene rings is 1. The molecule has 2 aromatic heterocycles. The number of hydrogen-bond donors (Lipinski definition) is 0. The fourth-order valence-corrected chi connectivity index (χ4v) is 4.64. The Hall–Kier alpha value is -2.42. The van der Waals surface area contributed by atoms with Gasteiger partial charge in [-0.1, -0.05) is 65.4 Å². The van der Waals surface area contributed by atoms with E-state index in [-0.39, 0.29) is 0 Å². The van der Waals surface area contributed by atoms with E-state index in [0.29, 0.717) is 5.16 Å². The monoisotopic (exact) mass is 432 g/mol. The molecule has 0 unspecified atom stereocenters. The lowest BCUT2D eigenvalue weighted by Crippen LogP contribution is -2.45. The molecule has 1 fully saturated rings. The van der Waals surface area contributed by atoms with Gasteiger partial charge in [-0.05, 0) is 30.2 Å². The van der Waals surface area contributed by atoms with Crippen molar-refractivity contribution >= 4 is 36.4 Å². The van der Waals surface area contributed by atoms with Crippen LogP contribution in [0.5, 0.6) is 0 Å². The molecule has 0 bridgehead atoms. The maximum atomic E-state index is 4.71. The summed E-state index contributed by atoms with van der Waals surface area (Å²) in [4.78, 5) is 9.70.